The van der Waals surface area contributed by atoms with E-state index in [0.29, 0.717) is 13.1 Å². The minimum atomic E-state index is -0.722. The van der Waals surface area contributed by atoms with Gasteiger partial charge in [0.2, 0.25) is 0 Å². The highest BCUT2D eigenvalue weighted by atomic mass is 32.1. The molecule has 2 rings (SSSR count). The number of hydrogen-bond acceptors (Lipinski definition) is 4. The van der Waals surface area contributed by atoms with Gasteiger partial charge in [-0.15, -0.1) is 11.3 Å². The quantitative estimate of drug-likeness (QED) is 0.857. The van der Waals surface area contributed by atoms with Gasteiger partial charge in [0.05, 0.1) is 5.92 Å². The molecule has 2 unspecified atom stereocenters. The predicted molar refractivity (Wildman–Crippen MR) is 66.1 cm³/mol. The van der Waals surface area contributed by atoms with Crippen LogP contribution in [0.3, 0.4) is 0 Å². The molecule has 17 heavy (non-hydrogen) atoms. The van der Waals surface area contributed by atoms with Crippen molar-refractivity contribution < 1.29 is 15.0 Å². The lowest BCUT2D eigenvalue weighted by Gasteiger charge is -2.31. The third kappa shape index (κ3) is 3.28. The zero-order valence-corrected chi connectivity index (χ0v) is 10.4. The zero-order chi connectivity index (χ0) is 12.3. The molecule has 1 aromatic heterocycles. The summed E-state index contributed by atoms with van der Waals surface area (Å²) in [6, 6.07) is 3.83. The summed E-state index contributed by atoms with van der Waals surface area (Å²) in [6.45, 7) is 1.97. The standard InChI is InChI=1S/C12H17NO3S/c14-10(11-4-2-6-17-11)8-13-5-1-3-9(7-13)12(15)16/h2,4,6,9-10,14H,1,3,5,7-8H2,(H,15,16). The first-order valence-electron chi connectivity index (χ1n) is 5.83. The van der Waals surface area contributed by atoms with Crippen molar-refractivity contribution in [3.63, 3.8) is 0 Å². The molecule has 2 N–H and O–H groups in total. The fourth-order valence-electron chi connectivity index (χ4n) is 2.24. The van der Waals surface area contributed by atoms with Gasteiger partial charge in [0.25, 0.3) is 0 Å². The molecule has 0 aromatic carbocycles. The Morgan fingerprint density at radius 1 is 1.65 bits per heavy atom. The molecule has 0 bridgehead atoms. The number of aliphatic carboxylic acids is 1. The Hall–Kier alpha value is -0.910. The average molecular weight is 255 g/mol. The molecule has 1 aromatic rings. The Balaban J connectivity index is 1.88. The van der Waals surface area contributed by atoms with Gasteiger partial charge in [-0.2, -0.15) is 0 Å². The highest BCUT2D eigenvalue weighted by Gasteiger charge is 2.26. The van der Waals surface area contributed by atoms with Crippen molar-refractivity contribution in [1.82, 2.24) is 4.90 Å². The molecule has 0 aliphatic carbocycles. The Bertz CT molecular complexity index is 366. The number of carbonyl (C=O) groups is 1. The number of piperidine rings is 1. The summed E-state index contributed by atoms with van der Waals surface area (Å²) in [6.07, 6.45) is 1.15. The number of likely N-dealkylation sites (tertiary alicyclic amines) is 1. The number of β-amino-alcohol motifs (C(OH)–C–C–N with tert-alkyl or cyclic N) is 1. The van der Waals surface area contributed by atoms with Gasteiger partial charge < -0.3 is 10.2 Å². The first-order chi connectivity index (χ1) is 8.16. The van der Waals surface area contributed by atoms with Crippen LogP contribution in [0.4, 0.5) is 0 Å². The summed E-state index contributed by atoms with van der Waals surface area (Å²) in [5.41, 5.74) is 0. The Labute approximate surface area is 104 Å². The summed E-state index contributed by atoms with van der Waals surface area (Å²) in [4.78, 5) is 13.9. The maximum Gasteiger partial charge on any atom is 0.307 e. The van der Waals surface area contributed by atoms with Crippen LogP contribution >= 0.6 is 11.3 Å². The molecule has 2 atom stereocenters. The number of carboxylic acid groups (broad SMARTS) is 1. The van der Waals surface area contributed by atoms with Crippen LogP contribution in [0.25, 0.3) is 0 Å². The molecule has 0 saturated carbocycles. The zero-order valence-electron chi connectivity index (χ0n) is 9.58. The SMILES string of the molecule is O=C(O)C1CCCN(CC(O)c2cccs2)C1. The maximum absolute atomic E-state index is 10.9. The van der Waals surface area contributed by atoms with E-state index in [4.69, 9.17) is 5.11 Å². The van der Waals surface area contributed by atoms with E-state index in [0.717, 1.165) is 24.3 Å². The third-order valence-corrected chi connectivity index (χ3v) is 4.13. The number of rotatable bonds is 4. The lowest BCUT2D eigenvalue weighted by atomic mass is 9.98. The summed E-state index contributed by atoms with van der Waals surface area (Å²) in [7, 11) is 0. The molecule has 0 radical (unpaired) electrons. The van der Waals surface area contributed by atoms with Gasteiger partial charge in [-0.25, -0.2) is 0 Å². The van der Waals surface area contributed by atoms with E-state index in [2.05, 4.69) is 0 Å². The monoisotopic (exact) mass is 255 g/mol. The molecule has 1 aliphatic rings. The van der Waals surface area contributed by atoms with E-state index < -0.39 is 12.1 Å². The van der Waals surface area contributed by atoms with Crippen LogP contribution in [0.2, 0.25) is 0 Å². The molecule has 1 fully saturated rings. The lowest BCUT2D eigenvalue weighted by Crippen LogP contribution is -2.40. The molecular weight excluding hydrogens is 238 g/mol. The normalized spacial score (nSPS) is 23.5. The number of carboxylic acids is 1. The topological polar surface area (TPSA) is 60.8 Å². The Morgan fingerprint density at radius 2 is 2.47 bits per heavy atom. The van der Waals surface area contributed by atoms with Crippen LogP contribution in [0.5, 0.6) is 0 Å². The van der Waals surface area contributed by atoms with Crippen molar-refractivity contribution in [3.8, 4) is 0 Å². The van der Waals surface area contributed by atoms with Crippen molar-refractivity contribution in [2.24, 2.45) is 5.92 Å². The van der Waals surface area contributed by atoms with Crippen molar-refractivity contribution in [2.45, 2.75) is 18.9 Å². The number of thiophene rings is 1. The van der Waals surface area contributed by atoms with Crippen LogP contribution in [-0.4, -0.2) is 40.7 Å². The Kier molecular flexibility index (Phi) is 4.15. The summed E-state index contributed by atoms with van der Waals surface area (Å²) < 4.78 is 0. The largest absolute Gasteiger partial charge is 0.481 e. The van der Waals surface area contributed by atoms with Gasteiger partial charge in [-0.1, -0.05) is 6.07 Å². The van der Waals surface area contributed by atoms with Gasteiger partial charge in [0.1, 0.15) is 6.10 Å². The average Bonchev–Trinajstić information content (AvgIpc) is 2.82. The van der Waals surface area contributed by atoms with Gasteiger partial charge in [-0.05, 0) is 30.8 Å². The fourth-order valence-corrected chi connectivity index (χ4v) is 2.94. The Morgan fingerprint density at radius 3 is 3.12 bits per heavy atom. The molecule has 0 spiro atoms. The van der Waals surface area contributed by atoms with Gasteiger partial charge in [0.15, 0.2) is 0 Å². The fraction of sp³-hybridized carbons (Fsp3) is 0.583. The van der Waals surface area contributed by atoms with E-state index in [9.17, 15) is 9.90 Å². The molecule has 2 heterocycles. The summed E-state index contributed by atoms with van der Waals surface area (Å²) in [5.74, 6) is -1.00. The van der Waals surface area contributed by atoms with E-state index in [1.54, 1.807) is 0 Å². The minimum Gasteiger partial charge on any atom is -0.481 e. The summed E-state index contributed by atoms with van der Waals surface area (Å²) >= 11 is 1.53. The van der Waals surface area contributed by atoms with Crippen LogP contribution in [-0.2, 0) is 4.79 Å². The highest BCUT2D eigenvalue weighted by molar-refractivity contribution is 7.10. The van der Waals surface area contributed by atoms with Crippen molar-refractivity contribution in [3.05, 3.63) is 22.4 Å². The van der Waals surface area contributed by atoms with Gasteiger partial charge in [-0.3, -0.25) is 9.69 Å². The third-order valence-electron chi connectivity index (χ3n) is 3.16. The summed E-state index contributed by atoms with van der Waals surface area (Å²) in [5, 5.41) is 20.9. The smallest absolute Gasteiger partial charge is 0.307 e. The number of nitrogens with zero attached hydrogens (tertiary/aromatic N) is 1. The number of aliphatic hydroxyl groups is 1. The van der Waals surface area contributed by atoms with Crippen LogP contribution < -0.4 is 0 Å². The number of hydrogen-bond donors (Lipinski definition) is 2. The van der Waals surface area contributed by atoms with Crippen molar-refractivity contribution in [2.75, 3.05) is 19.6 Å². The second-order valence-corrected chi connectivity index (χ2v) is 5.45. The second-order valence-electron chi connectivity index (χ2n) is 4.47. The molecular formula is C12H17NO3S. The molecule has 4 nitrogen and oxygen atoms in total. The predicted octanol–water partition coefficient (Wildman–Crippen LogP) is 1.58. The molecule has 5 heteroatoms. The highest BCUT2D eigenvalue weighted by Crippen LogP contribution is 2.23. The first kappa shape index (κ1) is 12.5. The molecule has 1 aliphatic heterocycles. The van der Waals surface area contributed by atoms with Gasteiger partial charge >= 0.3 is 5.97 Å². The van der Waals surface area contributed by atoms with Crippen LogP contribution in [0.1, 0.15) is 23.8 Å². The minimum absolute atomic E-state index is 0.278. The molecule has 0 amide bonds. The van der Waals surface area contributed by atoms with E-state index in [1.165, 1.54) is 11.3 Å². The molecule has 1 saturated heterocycles. The van der Waals surface area contributed by atoms with E-state index in [1.807, 2.05) is 22.4 Å². The van der Waals surface area contributed by atoms with Crippen molar-refractivity contribution in [1.29, 1.82) is 0 Å². The van der Waals surface area contributed by atoms with Gasteiger partial charge in [0, 0.05) is 18.0 Å². The van der Waals surface area contributed by atoms with Crippen LogP contribution in [0, 0.1) is 5.92 Å². The first-order valence-corrected chi connectivity index (χ1v) is 6.71. The van der Waals surface area contributed by atoms with E-state index >= 15 is 0 Å². The van der Waals surface area contributed by atoms with E-state index in [-0.39, 0.29) is 5.92 Å². The van der Waals surface area contributed by atoms with Crippen molar-refractivity contribution >= 4 is 17.3 Å². The van der Waals surface area contributed by atoms with Crippen LogP contribution in [0.15, 0.2) is 17.5 Å². The maximum atomic E-state index is 10.9. The lowest BCUT2D eigenvalue weighted by molar-refractivity contribution is -0.143. The molecule has 94 valence electrons. The second kappa shape index (κ2) is 5.62. The number of aliphatic hydroxyl groups excluding tert-OH is 1.